The van der Waals surface area contributed by atoms with Crippen molar-refractivity contribution in [1.82, 2.24) is 4.98 Å². The summed E-state index contributed by atoms with van der Waals surface area (Å²) >= 11 is 1.76. The first-order valence-corrected chi connectivity index (χ1v) is 6.21. The van der Waals surface area contributed by atoms with E-state index in [1.807, 2.05) is 0 Å². The fourth-order valence-corrected chi connectivity index (χ4v) is 2.66. The third-order valence-electron chi connectivity index (χ3n) is 2.45. The van der Waals surface area contributed by atoms with Crippen LogP contribution in [0, 0.1) is 5.92 Å². The molecule has 14 heavy (non-hydrogen) atoms. The molecule has 0 radical (unpaired) electrons. The summed E-state index contributed by atoms with van der Waals surface area (Å²) in [4.78, 5) is 4.63. The molecule has 80 valence electrons. The average molecular weight is 212 g/mol. The zero-order chi connectivity index (χ0) is 10.6. The molecule has 0 fully saturated rings. The van der Waals surface area contributed by atoms with E-state index in [9.17, 15) is 0 Å². The predicted molar refractivity (Wildman–Crippen MR) is 62.7 cm³/mol. The number of hydrogen-bond acceptors (Lipinski definition) is 3. The van der Waals surface area contributed by atoms with E-state index in [1.165, 1.54) is 10.7 Å². The van der Waals surface area contributed by atoms with Crippen LogP contribution in [0.15, 0.2) is 5.38 Å². The summed E-state index contributed by atoms with van der Waals surface area (Å²) in [5.74, 6) is 1.02. The van der Waals surface area contributed by atoms with E-state index in [-0.39, 0.29) is 0 Å². The van der Waals surface area contributed by atoms with Crippen molar-refractivity contribution in [3.05, 3.63) is 16.1 Å². The lowest BCUT2D eigenvalue weighted by molar-refractivity contribution is 0.503. The Morgan fingerprint density at radius 2 is 2.21 bits per heavy atom. The number of rotatable bonds is 5. The molecule has 3 heteroatoms. The number of hydrogen-bond donors (Lipinski definition) is 1. The minimum atomic E-state index is 0.436. The minimum absolute atomic E-state index is 0.436. The fourth-order valence-electron chi connectivity index (χ4n) is 1.52. The molecule has 0 aromatic carbocycles. The molecule has 0 bridgehead atoms. The van der Waals surface area contributed by atoms with Gasteiger partial charge in [0.25, 0.3) is 0 Å². The molecule has 0 aliphatic heterocycles. The largest absolute Gasteiger partial charge is 0.330 e. The molecule has 0 spiro atoms. The molecule has 0 saturated heterocycles. The van der Waals surface area contributed by atoms with Crippen LogP contribution in [0.3, 0.4) is 0 Å². The fraction of sp³-hybridized carbons (Fsp3) is 0.727. The van der Waals surface area contributed by atoms with Gasteiger partial charge in [0.15, 0.2) is 0 Å². The van der Waals surface area contributed by atoms with Crippen LogP contribution >= 0.6 is 11.3 Å². The quantitative estimate of drug-likeness (QED) is 0.815. The highest BCUT2D eigenvalue weighted by atomic mass is 32.1. The Kier molecular flexibility index (Phi) is 4.55. The summed E-state index contributed by atoms with van der Waals surface area (Å²) < 4.78 is 0. The number of nitrogens with zero attached hydrogens (tertiary/aromatic N) is 1. The van der Waals surface area contributed by atoms with Gasteiger partial charge < -0.3 is 5.73 Å². The van der Waals surface area contributed by atoms with Gasteiger partial charge in [-0.2, -0.15) is 0 Å². The molecule has 1 aromatic heterocycles. The lowest BCUT2D eigenvalue weighted by Gasteiger charge is -2.15. The third-order valence-corrected chi connectivity index (χ3v) is 3.48. The summed E-state index contributed by atoms with van der Waals surface area (Å²) in [6, 6.07) is 0. The van der Waals surface area contributed by atoms with Crippen molar-refractivity contribution in [2.75, 3.05) is 6.54 Å². The molecule has 0 saturated carbocycles. The zero-order valence-corrected chi connectivity index (χ0v) is 10.1. The van der Waals surface area contributed by atoms with E-state index < -0.39 is 0 Å². The second kappa shape index (κ2) is 5.47. The Bertz CT molecular complexity index is 268. The average Bonchev–Trinajstić information content (AvgIpc) is 2.54. The molecule has 1 unspecified atom stereocenters. The Hall–Kier alpha value is -0.410. The van der Waals surface area contributed by atoms with Crippen molar-refractivity contribution in [2.24, 2.45) is 11.7 Å². The molecule has 1 aromatic rings. The SMILES string of the molecule is CCCc1csc(C(CN)C(C)C)n1. The lowest BCUT2D eigenvalue weighted by atomic mass is 9.97. The molecular weight excluding hydrogens is 192 g/mol. The van der Waals surface area contributed by atoms with E-state index in [2.05, 4.69) is 31.1 Å². The van der Waals surface area contributed by atoms with E-state index in [1.54, 1.807) is 11.3 Å². The molecule has 0 aliphatic carbocycles. The lowest BCUT2D eigenvalue weighted by Crippen LogP contribution is -2.17. The van der Waals surface area contributed by atoms with E-state index >= 15 is 0 Å². The maximum Gasteiger partial charge on any atom is 0.0974 e. The maximum atomic E-state index is 5.76. The second-order valence-electron chi connectivity index (χ2n) is 4.01. The van der Waals surface area contributed by atoms with Crippen LogP contribution in [0.5, 0.6) is 0 Å². The highest BCUT2D eigenvalue weighted by Gasteiger charge is 2.17. The van der Waals surface area contributed by atoms with Crippen LogP contribution in [-0.4, -0.2) is 11.5 Å². The molecule has 1 atom stereocenters. The molecule has 2 N–H and O–H groups in total. The second-order valence-corrected chi connectivity index (χ2v) is 4.90. The van der Waals surface area contributed by atoms with Crippen molar-refractivity contribution in [2.45, 2.75) is 39.5 Å². The van der Waals surface area contributed by atoms with Crippen LogP contribution in [0.2, 0.25) is 0 Å². The van der Waals surface area contributed by atoms with Gasteiger partial charge in [-0.3, -0.25) is 0 Å². The summed E-state index contributed by atoms with van der Waals surface area (Å²) in [7, 11) is 0. The standard InChI is InChI=1S/C11H20N2S/c1-4-5-9-7-14-11(13-9)10(6-12)8(2)3/h7-8,10H,4-6,12H2,1-3H3. The van der Waals surface area contributed by atoms with Gasteiger partial charge in [0.05, 0.1) is 10.7 Å². The molecule has 0 aliphatic rings. The van der Waals surface area contributed by atoms with Crippen molar-refractivity contribution in [3.63, 3.8) is 0 Å². The summed E-state index contributed by atoms with van der Waals surface area (Å²) in [5, 5.41) is 3.38. The number of aromatic nitrogens is 1. The molecular formula is C11H20N2S. The van der Waals surface area contributed by atoms with Crippen molar-refractivity contribution >= 4 is 11.3 Å². The highest BCUT2D eigenvalue weighted by molar-refractivity contribution is 7.09. The van der Waals surface area contributed by atoms with Gasteiger partial charge in [-0.15, -0.1) is 11.3 Å². The van der Waals surface area contributed by atoms with Crippen molar-refractivity contribution < 1.29 is 0 Å². The highest BCUT2D eigenvalue weighted by Crippen LogP contribution is 2.26. The number of thiazole rings is 1. The minimum Gasteiger partial charge on any atom is -0.330 e. The number of aryl methyl sites for hydroxylation is 1. The van der Waals surface area contributed by atoms with Gasteiger partial charge in [-0.05, 0) is 12.3 Å². The maximum absolute atomic E-state index is 5.76. The topological polar surface area (TPSA) is 38.9 Å². The monoisotopic (exact) mass is 212 g/mol. The van der Waals surface area contributed by atoms with E-state index in [0.717, 1.165) is 12.8 Å². The van der Waals surface area contributed by atoms with E-state index in [0.29, 0.717) is 18.4 Å². The van der Waals surface area contributed by atoms with Gasteiger partial charge in [0.1, 0.15) is 0 Å². The van der Waals surface area contributed by atoms with Crippen molar-refractivity contribution in [1.29, 1.82) is 0 Å². The number of nitrogens with two attached hydrogens (primary N) is 1. The summed E-state index contributed by atoms with van der Waals surface area (Å²) in [6.07, 6.45) is 2.25. The van der Waals surface area contributed by atoms with Crippen molar-refractivity contribution in [3.8, 4) is 0 Å². The van der Waals surface area contributed by atoms with Gasteiger partial charge in [-0.25, -0.2) is 4.98 Å². The van der Waals surface area contributed by atoms with E-state index in [4.69, 9.17) is 5.73 Å². The van der Waals surface area contributed by atoms with Crippen LogP contribution in [0.4, 0.5) is 0 Å². The van der Waals surface area contributed by atoms with Crippen LogP contribution in [0.1, 0.15) is 43.8 Å². The van der Waals surface area contributed by atoms with Gasteiger partial charge in [0.2, 0.25) is 0 Å². The predicted octanol–water partition coefficient (Wildman–Crippen LogP) is 2.79. The summed E-state index contributed by atoms with van der Waals surface area (Å²) in [5.41, 5.74) is 6.98. The first-order chi connectivity index (χ1) is 6.69. The Morgan fingerprint density at radius 3 is 2.71 bits per heavy atom. The Labute approximate surface area is 90.6 Å². The van der Waals surface area contributed by atoms with Crippen LogP contribution < -0.4 is 5.73 Å². The molecule has 2 nitrogen and oxygen atoms in total. The molecule has 1 heterocycles. The molecule has 0 amide bonds. The summed E-state index contributed by atoms with van der Waals surface area (Å²) in [6.45, 7) is 7.30. The first kappa shape index (κ1) is 11.7. The third kappa shape index (κ3) is 2.79. The zero-order valence-electron chi connectivity index (χ0n) is 9.29. The molecule has 1 rings (SSSR count). The Morgan fingerprint density at radius 1 is 1.50 bits per heavy atom. The van der Waals surface area contributed by atoms with Crippen LogP contribution in [-0.2, 0) is 6.42 Å². The Balaban J connectivity index is 2.73. The van der Waals surface area contributed by atoms with Crippen LogP contribution in [0.25, 0.3) is 0 Å². The first-order valence-electron chi connectivity index (χ1n) is 5.33. The van der Waals surface area contributed by atoms with Gasteiger partial charge >= 0.3 is 0 Å². The van der Waals surface area contributed by atoms with Gasteiger partial charge in [-0.1, -0.05) is 27.2 Å². The van der Waals surface area contributed by atoms with Gasteiger partial charge in [0, 0.05) is 17.8 Å². The smallest absolute Gasteiger partial charge is 0.0974 e. The normalized spacial score (nSPS) is 13.5.